The highest BCUT2D eigenvalue weighted by atomic mass is 16.1. The van der Waals surface area contributed by atoms with Gasteiger partial charge in [-0.3, -0.25) is 4.79 Å². The Balaban J connectivity index is 2.06. The molecule has 2 aliphatic carbocycles. The van der Waals surface area contributed by atoms with Crippen molar-refractivity contribution in [3.8, 4) is 0 Å². The summed E-state index contributed by atoms with van der Waals surface area (Å²) in [4.78, 5) is 12.4. The Labute approximate surface area is 98.3 Å². The summed E-state index contributed by atoms with van der Waals surface area (Å²) in [6.07, 6.45) is 11.4. The highest BCUT2D eigenvalue weighted by molar-refractivity contribution is 6.02. The van der Waals surface area contributed by atoms with Crippen LogP contribution < -0.4 is 5.73 Å². The lowest BCUT2D eigenvalue weighted by atomic mass is 9.84. The number of carbonyl (C=O) groups excluding carboxylic acids is 1. The third kappa shape index (κ3) is 2.54. The minimum absolute atomic E-state index is 0.219. The van der Waals surface area contributed by atoms with E-state index in [-0.39, 0.29) is 5.78 Å². The lowest BCUT2D eigenvalue weighted by Crippen LogP contribution is -2.47. The van der Waals surface area contributed by atoms with Crippen LogP contribution in [0.15, 0.2) is 11.6 Å². The molecule has 0 aliphatic heterocycles. The van der Waals surface area contributed by atoms with Crippen molar-refractivity contribution >= 4 is 5.78 Å². The molecule has 1 atom stereocenters. The first kappa shape index (κ1) is 11.8. The molecule has 1 unspecified atom stereocenters. The maximum absolute atomic E-state index is 12.4. The summed E-state index contributed by atoms with van der Waals surface area (Å²) in [5.41, 5.74) is 6.61. The number of rotatable bonds is 3. The molecule has 1 saturated carbocycles. The molecule has 0 radical (unpaired) electrons. The van der Waals surface area contributed by atoms with E-state index in [0.29, 0.717) is 5.92 Å². The second-order valence-electron chi connectivity index (χ2n) is 5.57. The highest BCUT2D eigenvalue weighted by Gasteiger charge is 2.44. The summed E-state index contributed by atoms with van der Waals surface area (Å²) in [6.45, 7) is 1.92. The van der Waals surface area contributed by atoms with E-state index in [0.717, 1.165) is 37.7 Å². The van der Waals surface area contributed by atoms with E-state index in [1.165, 1.54) is 19.3 Å². The van der Waals surface area contributed by atoms with Gasteiger partial charge in [-0.1, -0.05) is 18.9 Å². The molecule has 0 saturated heterocycles. The molecule has 1 fully saturated rings. The molecule has 90 valence electrons. The quantitative estimate of drug-likeness (QED) is 0.796. The van der Waals surface area contributed by atoms with Crippen LogP contribution in [0.3, 0.4) is 0 Å². The zero-order valence-corrected chi connectivity index (χ0v) is 10.3. The molecule has 0 aromatic heterocycles. The molecule has 0 aromatic rings. The first-order valence-electron chi connectivity index (χ1n) is 6.65. The van der Waals surface area contributed by atoms with Gasteiger partial charge in [0.1, 0.15) is 0 Å². The van der Waals surface area contributed by atoms with Crippen LogP contribution in [-0.2, 0) is 4.79 Å². The second-order valence-corrected chi connectivity index (χ2v) is 5.57. The van der Waals surface area contributed by atoms with E-state index in [1.807, 2.05) is 6.92 Å². The lowest BCUT2D eigenvalue weighted by Gasteiger charge is -2.25. The lowest BCUT2D eigenvalue weighted by molar-refractivity contribution is -0.120. The maximum Gasteiger partial charge on any atom is 0.178 e. The van der Waals surface area contributed by atoms with Crippen LogP contribution in [0, 0.1) is 5.92 Å². The Hall–Kier alpha value is -0.630. The van der Waals surface area contributed by atoms with Crippen molar-refractivity contribution in [1.82, 2.24) is 0 Å². The number of hydrogen-bond acceptors (Lipinski definition) is 2. The summed E-state index contributed by atoms with van der Waals surface area (Å²) in [5, 5.41) is 0. The minimum atomic E-state index is -0.592. The molecular weight excluding hydrogens is 198 g/mol. The van der Waals surface area contributed by atoms with E-state index >= 15 is 0 Å². The van der Waals surface area contributed by atoms with E-state index in [1.54, 1.807) is 0 Å². The molecule has 0 bridgehead atoms. The Morgan fingerprint density at radius 1 is 1.31 bits per heavy atom. The van der Waals surface area contributed by atoms with Gasteiger partial charge in [0.15, 0.2) is 5.78 Å². The molecule has 2 N–H and O–H groups in total. The normalized spacial score (nSPS) is 26.2. The molecule has 2 heteroatoms. The van der Waals surface area contributed by atoms with Gasteiger partial charge in [0.05, 0.1) is 5.54 Å². The van der Waals surface area contributed by atoms with Crippen molar-refractivity contribution in [3.05, 3.63) is 11.6 Å². The molecule has 2 nitrogen and oxygen atoms in total. The fourth-order valence-electron chi connectivity index (χ4n) is 2.61. The molecule has 0 amide bonds. The summed E-state index contributed by atoms with van der Waals surface area (Å²) in [6, 6.07) is 0. The van der Waals surface area contributed by atoms with E-state index < -0.39 is 5.54 Å². The smallest absolute Gasteiger partial charge is 0.178 e. The van der Waals surface area contributed by atoms with Gasteiger partial charge >= 0.3 is 0 Å². The zero-order valence-electron chi connectivity index (χ0n) is 10.3. The molecule has 2 aliphatic rings. The van der Waals surface area contributed by atoms with Gasteiger partial charge in [-0.2, -0.15) is 0 Å². The van der Waals surface area contributed by atoms with Crippen molar-refractivity contribution in [3.63, 3.8) is 0 Å². The number of Topliss-reactive ketones (excluding diaryl/α,β-unsaturated/α-hetero) is 1. The van der Waals surface area contributed by atoms with Crippen LogP contribution in [0.25, 0.3) is 0 Å². The Kier molecular flexibility index (Phi) is 3.48. The largest absolute Gasteiger partial charge is 0.319 e. The van der Waals surface area contributed by atoms with Crippen molar-refractivity contribution in [2.75, 3.05) is 0 Å². The molecular formula is C14H23NO. The average molecular weight is 221 g/mol. The number of hydrogen-bond donors (Lipinski definition) is 1. The third-order valence-corrected chi connectivity index (χ3v) is 4.00. The molecule has 0 aromatic carbocycles. The van der Waals surface area contributed by atoms with Crippen molar-refractivity contribution in [1.29, 1.82) is 0 Å². The van der Waals surface area contributed by atoms with Gasteiger partial charge < -0.3 is 5.73 Å². The van der Waals surface area contributed by atoms with Gasteiger partial charge in [0, 0.05) is 0 Å². The summed E-state index contributed by atoms with van der Waals surface area (Å²) in [5.74, 6) is 0.656. The van der Waals surface area contributed by atoms with Crippen LogP contribution in [0.5, 0.6) is 0 Å². The van der Waals surface area contributed by atoms with Crippen LogP contribution >= 0.6 is 0 Å². The maximum atomic E-state index is 12.4. The second kappa shape index (κ2) is 4.70. The van der Waals surface area contributed by atoms with E-state index in [4.69, 9.17) is 5.73 Å². The number of ketones is 1. The van der Waals surface area contributed by atoms with Gasteiger partial charge in [-0.15, -0.1) is 0 Å². The number of allylic oxidation sites excluding steroid dienone is 1. The summed E-state index contributed by atoms with van der Waals surface area (Å²) >= 11 is 0. The third-order valence-electron chi connectivity index (χ3n) is 4.00. The van der Waals surface area contributed by atoms with Crippen LogP contribution in [0.1, 0.15) is 58.3 Å². The Morgan fingerprint density at radius 2 is 2.00 bits per heavy atom. The van der Waals surface area contributed by atoms with Crippen molar-refractivity contribution in [2.24, 2.45) is 11.7 Å². The van der Waals surface area contributed by atoms with Gasteiger partial charge in [0.25, 0.3) is 0 Å². The fraction of sp³-hybridized carbons (Fsp3) is 0.786. The van der Waals surface area contributed by atoms with Crippen LogP contribution in [0.2, 0.25) is 0 Å². The Morgan fingerprint density at radius 3 is 2.69 bits per heavy atom. The topological polar surface area (TPSA) is 43.1 Å². The summed E-state index contributed by atoms with van der Waals surface area (Å²) in [7, 11) is 0. The SMILES string of the molecule is CC(N)(C(=O)C1=CCCCCCC1)C1CC1. The number of nitrogens with two attached hydrogens (primary N) is 1. The van der Waals surface area contributed by atoms with Crippen molar-refractivity contribution in [2.45, 2.75) is 63.8 Å². The van der Waals surface area contributed by atoms with Crippen LogP contribution in [0.4, 0.5) is 0 Å². The number of carbonyl (C=O) groups is 1. The van der Waals surface area contributed by atoms with Gasteiger partial charge in [-0.05, 0) is 56.9 Å². The standard InChI is InChI=1S/C14H23NO/c1-14(15,12-9-10-12)13(16)11-7-5-3-2-4-6-8-11/h7,12H,2-6,8-10,15H2,1H3. The molecule has 16 heavy (non-hydrogen) atoms. The zero-order chi connectivity index (χ0) is 11.6. The monoisotopic (exact) mass is 221 g/mol. The Bertz CT molecular complexity index is 300. The average Bonchev–Trinajstić information content (AvgIpc) is 2.99. The summed E-state index contributed by atoms with van der Waals surface area (Å²) < 4.78 is 0. The minimum Gasteiger partial charge on any atom is -0.319 e. The molecule has 0 heterocycles. The van der Waals surface area contributed by atoms with E-state index in [9.17, 15) is 4.79 Å². The van der Waals surface area contributed by atoms with Gasteiger partial charge in [0.2, 0.25) is 0 Å². The molecule has 0 spiro atoms. The van der Waals surface area contributed by atoms with Crippen LogP contribution in [-0.4, -0.2) is 11.3 Å². The van der Waals surface area contributed by atoms with E-state index in [2.05, 4.69) is 6.08 Å². The first-order valence-corrected chi connectivity index (χ1v) is 6.65. The predicted molar refractivity (Wildman–Crippen MR) is 66.1 cm³/mol. The fourth-order valence-corrected chi connectivity index (χ4v) is 2.61. The predicted octanol–water partition coefficient (Wildman–Crippen LogP) is 2.96. The first-order chi connectivity index (χ1) is 7.62. The highest BCUT2D eigenvalue weighted by Crippen LogP contribution is 2.40. The van der Waals surface area contributed by atoms with Gasteiger partial charge in [-0.25, -0.2) is 0 Å². The van der Waals surface area contributed by atoms with Crippen molar-refractivity contribution < 1.29 is 4.79 Å². The molecule has 2 rings (SSSR count).